The van der Waals surface area contributed by atoms with E-state index in [4.69, 9.17) is 33.0 Å². The zero-order valence-corrected chi connectivity index (χ0v) is 22.6. The lowest BCUT2D eigenvalue weighted by Gasteiger charge is -2.24. The Bertz CT molecular complexity index is 1320. The zero-order chi connectivity index (χ0) is 28.7. The van der Waals surface area contributed by atoms with Crippen LogP contribution in [0.25, 0.3) is 11.1 Å². The van der Waals surface area contributed by atoms with Gasteiger partial charge in [-0.15, -0.1) is 0 Å². The van der Waals surface area contributed by atoms with Crippen molar-refractivity contribution < 1.29 is 32.6 Å². The molecule has 0 aliphatic rings. The number of alkyl halides is 3. The molecule has 11 heteroatoms. The molecule has 3 N–H and O–H groups in total. The molecular formula is C28H27Cl2F3N2O4. The lowest BCUT2D eigenvalue weighted by Crippen LogP contribution is -2.32. The van der Waals surface area contributed by atoms with Gasteiger partial charge in [-0.2, -0.15) is 13.2 Å². The topological polar surface area (TPSA) is 87.7 Å². The standard InChI is InChI=1S/C28H27Cl2F3N2O4/c1-16(2)25(35-19-6-3-17(4-7-19)27(38)34-12-11-26(36)37)15-39-20-8-10-22(24(30)14-20)21-9-5-18(13-23(21)29)28(31,32)33/h3-10,13-14,16,25,35H,11-12,15H2,1-2H3,(H,34,38)(H,36,37). The van der Waals surface area contributed by atoms with E-state index in [1.165, 1.54) is 6.07 Å². The van der Waals surface area contributed by atoms with Crippen molar-refractivity contribution in [2.45, 2.75) is 32.5 Å². The summed E-state index contributed by atoms with van der Waals surface area (Å²) in [5.41, 5.74) is 1.19. The highest BCUT2D eigenvalue weighted by Gasteiger charge is 2.31. The van der Waals surface area contributed by atoms with E-state index in [1.807, 2.05) is 13.8 Å². The summed E-state index contributed by atoms with van der Waals surface area (Å²) in [6, 6.07) is 14.7. The number of aliphatic carboxylic acids is 1. The van der Waals surface area contributed by atoms with Crippen molar-refractivity contribution in [3.05, 3.63) is 81.8 Å². The number of halogens is 5. The molecule has 1 atom stereocenters. The van der Waals surface area contributed by atoms with Crippen LogP contribution in [0.5, 0.6) is 5.75 Å². The summed E-state index contributed by atoms with van der Waals surface area (Å²) in [5.74, 6) is -0.694. The molecule has 1 amide bonds. The summed E-state index contributed by atoms with van der Waals surface area (Å²) in [5, 5.41) is 14.8. The largest absolute Gasteiger partial charge is 0.491 e. The number of amides is 1. The van der Waals surface area contributed by atoms with Gasteiger partial charge in [0, 0.05) is 33.9 Å². The normalized spacial score (nSPS) is 12.2. The van der Waals surface area contributed by atoms with Gasteiger partial charge in [-0.1, -0.05) is 43.1 Å². The maximum atomic E-state index is 13.0. The maximum Gasteiger partial charge on any atom is 0.416 e. The van der Waals surface area contributed by atoms with Crippen LogP contribution >= 0.6 is 23.2 Å². The van der Waals surface area contributed by atoms with Gasteiger partial charge in [0.1, 0.15) is 12.4 Å². The first-order valence-corrected chi connectivity index (χ1v) is 12.8. The number of carbonyl (C=O) groups excluding carboxylic acids is 1. The smallest absolute Gasteiger partial charge is 0.416 e. The molecule has 6 nitrogen and oxygen atoms in total. The van der Waals surface area contributed by atoms with Crippen molar-refractivity contribution >= 4 is 40.8 Å². The lowest BCUT2D eigenvalue weighted by atomic mass is 10.0. The van der Waals surface area contributed by atoms with Crippen LogP contribution in [-0.2, 0) is 11.0 Å². The van der Waals surface area contributed by atoms with Crippen LogP contribution in [0.3, 0.4) is 0 Å². The van der Waals surface area contributed by atoms with Crippen LogP contribution < -0.4 is 15.4 Å². The number of hydrogen-bond acceptors (Lipinski definition) is 4. The van der Waals surface area contributed by atoms with Crippen LogP contribution in [0.15, 0.2) is 60.7 Å². The van der Waals surface area contributed by atoms with E-state index in [2.05, 4.69) is 10.6 Å². The zero-order valence-electron chi connectivity index (χ0n) is 21.1. The predicted molar refractivity (Wildman–Crippen MR) is 146 cm³/mol. The van der Waals surface area contributed by atoms with E-state index in [0.29, 0.717) is 22.4 Å². The van der Waals surface area contributed by atoms with Gasteiger partial charge in [-0.05, 0) is 60.5 Å². The third kappa shape index (κ3) is 8.53. The van der Waals surface area contributed by atoms with Crippen molar-refractivity contribution in [3.63, 3.8) is 0 Å². The minimum Gasteiger partial charge on any atom is -0.491 e. The number of anilines is 1. The third-order valence-electron chi connectivity index (χ3n) is 5.89. The number of ether oxygens (including phenoxy) is 1. The second-order valence-electron chi connectivity index (χ2n) is 9.12. The van der Waals surface area contributed by atoms with Crippen LogP contribution in [0.4, 0.5) is 18.9 Å². The molecule has 0 radical (unpaired) electrons. The molecule has 0 heterocycles. The van der Waals surface area contributed by atoms with Gasteiger partial charge in [-0.25, -0.2) is 0 Å². The highest BCUT2D eigenvalue weighted by Crippen LogP contribution is 2.39. The summed E-state index contributed by atoms with van der Waals surface area (Å²) >= 11 is 12.5. The first-order chi connectivity index (χ1) is 18.3. The summed E-state index contributed by atoms with van der Waals surface area (Å²) in [4.78, 5) is 22.7. The fourth-order valence-corrected chi connectivity index (χ4v) is 4.17. The molecule has 0 aromatic heterocycles. The van der Waals surface area contributed by atoms with E-state index in [1.54, 1.807) is 42.5 Å². The SMILES string of the molecule is CC(C)C(COc1ccc(-c2ccc(C(F)(F)F)cc2Cl)c(Cl)c1)Nc1ccc(C(=O)NCCC(=O)O)cc1. The van der Waals surface area contributed by atoms with E-state index < -0.39 is 17.7 Å². The molecule has 0 saturated heterocycles. The predicted octanol–water partition coefficient (Wildman–Crippen LogP) is 7.40. The second-order valence-corrected chi connectivity index (χ2v) is 9.93. The Morgan fingerprint density at radius 3 is 2.10 bits per heavy atom. The lowest BCUT2D eigenvalue weighted by molar-refractivity contribution is -0.138. The van der Waals surface area contributed by atoms with Gasteiger partial charge in [0.05, 0.1) is 23.0 Å². The Morgan fingerprint density at radius 2 is 1.56 bits per heavy atom. The van der Waals surface area contributed by atoms with Crippen molar-refractivity contribution in [1.82, 2.24) is 5.32 Å². The molecule has 0 aliphatic carbocycles. The maximum absolute atomic E-state index is 13.0. The quantitative estimate of drug-likeness (QED) is 0.219. The van der Waals surface area contributed by atoms with Crippen LogP contribution in [0.1, 0.15) is 36.2 Å². The molecule has 1 unspecified atom stereocenters. The Kier molecular flexibility index (Phi) is 10.1. The molecular weight excluding hydrogens is 556 g/mol. The van der Waals surface area contributed by atoms with Crippen LogP contribution in [-0.4, -0.2) is 36.2 Å². The molecule has 0 saturated carbocycles. The Labute approximate surface area is 234 Å². The van der Waals surface area contributed by atoms with Gasteiger partial charge < -0.3 is 20.5 Å². The molecule has 208 valence electrons. The van der Waals surface area contributed by atoms with E-state index in [0.717, 1.165) is 17.8 Å². The summed E-state index contributed by atoms with van der Waals surface area (Å²) in [7, 11) is 0. The molecule has 0 spiro atoms. The number of rotatable bonds is 11. The fraction of sp³-hybridized carbons (Fsp3) is 0.286. The molecule has 3 aromatic carbocycles. The summed E-state index contributed by atoms with van der Waals surface area (Å²) in [6.07, 6.45) is -4.65. The Hall–Kier alpha value is -3.43. The Balaban J connectivity index is 1.63. The van der Waals surface area contributed by atoms with Crippen molar-refractivity contribution in [3.8, 4) is 16.9 Å². The van der Waals surface area contributed by atoms with Gasteiger partial charge in [-0.3, -0.25) is 9.59 Å². The third-order valence-corrected chi connectivity index (χ3v) is 6.51. The number of carboxylic acids is 1. The first kappa shape index (κ1) is 30.1. The molecule has 3 rings (SSSR count). The number of carbonyl (C=O) groups is 2. The van der Waals surface area contributed by atoms with Gasteiger partial charge in [0.25, 0.3) is 5.91 Å². The molecule has 0 bridgehead atoms. The summed E-state index contributed by atoms with van der Waals surface area (Å²) in [6.45, 7) is 4.37. The van der Waals surface area contributed by atoms with E-state index >= 15 is 0 Å². The highest BCUT2D eigenvalue weighted by atomic mass is 35.5. The van der Waals surface area contributed by atoms with Crippen LogP contribution in [0.2, 0.25) is 10.0 Å². The first-order valence-electron chi connectivity index (χ1n) is 12.0. The van der Waals surface area contributed by atoms with Crippen molar-refractivity contribution in [2.75, 3.05) is 18.5 Å². The van der Waals surface area contributed by atoms with Gasteiger partial charge in [0.15, 0.2) is 0 Å². The average Bonchev–Trinajstić information content (AvgIpc) is 2.86. The Morgan fingerprint density at radius 1 is 0.949 bits per heavy atom. The van der Waals surface area contributed by atoms with Gasteiger partial charge in [0.2, 0.25) is 0 Å². The highest BCUT2D eigenvalue weighted by molar-refractivity contribution is 6.36. The number of hydrogen-bond donors (Lipinski definition) is 3. The second kappa shape index (κ2) is 13.1. The average molecular weight is 583 g/mol. The molecule has 0 fully saturated rings. The fourth-order valence-electron chi connectivity index (χ4n) is 3.62. The van der Waals surface area contributed by atoms with E-state index in [-0.39, 0.29) is 47.5 Å². The van der Waals surface area contributed by atoms with Crippen molar-refractivity contribution in [1.29, 1.82) is 0 Å². The van der Waals surface area contributed by atoms with Gasteiger partial charge >= 0.3 is 12.1 Å². The summed E-state index contributed by atoms with van der Waals surface area (Å²) < 4.78 is 44.8. The molecule has 0 aliphatic heterocycles. The monoisotopic (exact) mass is 582 g/mol. The van der Waals surface area contributed by atoms with Crippen LogP contribution in [0, 0.1) is 5.92 Å². The minimum absolute atomic E-state index is 0.0449. The van der Waals surface area contributed by atoms with Crippen molar-refractivity contribution in [2.24, 2.45) is 5.92 Å². The molecule has 39 heavy (non-hydrogen) atoms. The van der Waals surface area contributed by atoms with E-state index in [9.17, 15) is 22.8 Å². The minimum atomic E-state index is -4.50. The number of nitrogens with one attached hydrogen (secondary N) is 2. The molecule has 3 aromatic rings. The number of benzene rings is 3. The number of carboxylic acid groups (broad SMARTS) is 1.